The summed E-state index contributed by atoms with van der Waals surface area (Å²) in [4.78, 5) is 11.9. The molecule has 1 aromatic carbocycles. The van der Waals surface area contributed by atoms with Crippen molar-refractivity contribution in [3.8, 4) is 11.3 Å². The summed E-state index contributed by atoms with van der Waals surface area (Å²) in [6.07, 6.45) is 0. The summed E-state index contributed by atoms with van der Waals surface area (Å²) in [5.41, 5.74) is 0.775. The summed E-state index contributed by atoms with van der Waals surface area (Å²) in [5, 5.41) is 6.44. The highest BCUT2D eigenvalue weighted by atomic mass is 35.5. The van der Waals surface area contributed by atoms with Crippen LogP contribution in [-0.2, 0) is 0 Å². The lowest BCUT2D eigenvalue weighted by molar-refractivity contribution is 0.0923. The third kappa shape index (κ3) is 4.49. The van der Waals surface area contributed by atoms with Gasteiger partial charge in [0.15, 0.2) is 5.76 Å². The molecule has 0 aliphatic carbocycles. The van der Waals surface area contributed by atoms with E-state index in [4.69, 9.17) is 16.0 Å². The highest BCUT2D eigenvalue weighted by Crippen LogP contribution is 2.28. The molecule has 1 heterocycles. The van der Waals surface area contributed by atoms with Crippen molar-refractivity contribution >= 4 is 29.9 Å². The molecule has 1 unspecified atom stereocenters. The van der Waals surface area contributed by atoms with Crippen molar-refractivity contribution < 1.29 is 9.21 Å². The number of benzene rings is 1. The van der Waals surface area contributed by atoms with E-state index in [1.807, 2.05) is 32.2 Å². The molecular formula is C15H18Cl2N2O2. The van der Waals surface area contributed by atoms with E-state index in [0.717, 1.165) is 5.56 Å². The van der Waals surface area contributed by atoms with Crippen LogP contribution in [0.4, 0.5) is 0 Å². The van der Waals surface area contributed by atoms with Gasteiger partial charge in [-0.15, -0.1) is 12.4 Å². The van der Waals surface area contributed by atoms with Gasteiger partial charge in [-0.2, -0.15) is 0 Å². The lowest BCUT2D eigenvalue weighted by Crippen LogP contribution is -2.37. The van der Waals surface area contributed by atoms with Crippen LogP contribution in [0.3, 0.4) is 0 Å². The standard InChI is InChI=1S/C15H17ClN2O2.ClH/c1-10(17-2)9-18-15(19)14-8-7-13(20-14)11-5-3-4-6-12(11)16;/h3-8,10,17H,9H2,1-2H3,(H,18,19);1H. The van der Waals surface area contributed by atoms with E-state index in [1.165, 1.54) is 0 Å². The number of likely N-dealkylation sites (N-methyl/N-ethyl adjacent to an activating group) is 1. The topological polar surface area (TPSA) is 54.3 Å². The number of rotatable bonds is 5. The van der Waals surface area contributed by atoms with Crippen LogP contribution >= 0.6 is 24.0 Å². The molecule has 0 aliphatic heterocycles. The minimum atomic E-state index is -0.231. The van der Waals surface area contributed by atoms with E-state index in [2.05, 4.69) is 10.6 Å². The van der Waals surface area contributed by atoms with Crippen molar-refractivity contribution in [3.63, 3.8) is 0 Å². The lowest BCUT2D eigenvalue weighted by Gasteiger charge is -2.10. The van der Waals surface area contributed by atoms with Crippen LogP contribution in [0.5, 0.6) is 0 Å². The maximum absolute atomic E-state index is 11.9. The van der Waals surface area contributed by atoms with Crippen molar-refractivity contribution in [2.75, 3.05) is 13.6 Å². The van der Waals surface area contributed by atoms with E-state index in [9.17, 15) is 4.79 Å². The van der Waals surface area contributed by atoms with Crippen LogP contribution in [0.15, 0.2) is 40.8 Å². The number of hydrogen-bond donors (Lipinski definition) is 2. The van der Waals surface area contributed by atoms with Crippen LogP contribution in [-0.4, -0.2) is 25.5 Å². The number of furan rings is 1. The van der Waals surface area contributed by atoms with Gasteiger partial charge in [-0.3, -0.25) is 4.79 Å². The van der Waals surface area contributed by atoms with E-state index in [0.29, 0.717) is 17.3 Å². The average Bonchev–Trinajstić information content (AvgIpc) is 2.94. The van der Waals surface area contributed by atoms with Gasteiger partial charge in [0.1, 0.15) is 5.76 Å². The van der Waals surface area contributed by atoms with E-state index < -0.39 is 0 Å². The fraction of sp³-hybridized carbons (Fsp3) is 0.267. The summed E-state index contributed by atoms with van der Waals surface area (Å²) >= 11 is 6.10. The molecule has 2 N–H and O–H groups in total. The average molecular weight is 329 g/mol. The Bertz CT molecular complexity index is 599. The Morgan fingerprint density at radius 2 is 2.00 bits per heavy atom. The first-order chi connectivity index (χ1) is 9.61. The fourth-order valence-electron chi connectivity index (χ4n) is 1.70. The zero-order valence-electron chi connectivity index (χ0n) is 11.9. The third-order valence-corrected chi connectivity index (χ3v) is 3.36. The van der Waals surface area contributed by atoms with Crippen molar-refractivity contribution in [3.05, 3.63) is 47.2 Å². The summed E-state index contributed by atoms with van der Waals surface area (Å²) in [6, 6.07) is 11.0. The Labute approximate surface area is 135 Å². The lowest BCUT2D eigenvalue weighted by atomic mass is 10.2. The molecule has 2 aromatic rings. The second-order valence-corrected chi connectivity index (χ2v) is 4.95. The molecule has 1 amide bonds. The highest BCUT2D eigenvalue weighted by Gasteiger charge is 2.13. The Kier molecular flexibility index (Phi) is 6.75. The number of carbonyl (C=O) groups is 1. The quantitative estimate of drug-likeness (QED) is 0.884. The fourth-order valence-corrected chi connectivity index (χ4v) is 1.93. The van der Waals surface area contributed by atoms with Crippen LogP contribution < -0.4 is 10.6 Å². The monoisotopic (exact) mass is 328 g/mol. The van der Waals surface area contributed by atoms with Gasteiger partial charge in [0, 0.05) is 18.2 Å². The molecule has 6 heteroatoms. The van der Waals surface area contributed by atoms with Gasteiger partial charge >= 0.3 is 0 Å². The third-order valence-electron chi connectivity index (χ3n) is 3.03. The molecule has 1 atom stereocenters. The smallest absolute Gasteiger partial charge is 0.287 e. The minimum absolute atomic E-state index is 0. The zero-order valence-corrected chi connectivity index (χ0v) is 13.4. The predicted molar refractivity (Wildman–Crippen MR) is 87.3 cm³/mol. The summed E-state index contributed by atoms with van der Waals surface area (Å²) < 4.78 is 5.56. The Balaban J connectivity index is 0.00000220. The summed E-state index contributed by atoms with van der Waals surface area (Å²) in [6.45, 7) is 2.52. The Morgan fingerprint density at radius 1 is 1.29 bits per heavy atom. The van der Waals surface area contributed by atoms with Crippen molar-refractivity contribution in [1.82, 2.24) is 10.6 Å². The second kappa shape index (κ2) is 8.08. The molecule has 0 radical (unpaired) electrons. The summed E-state index contributed by atoms with van der Waals surface area (Å²) in [7, 11) is 1.85. The molecule has 0 saturated heterocycles. The largest absolute Gasteiger partial charge is 0.451 e. The van der Waals surface area contributed by atoms with E-state index in [1.54, 1.807) is 18.2 Å². The molecule has 1 aromatic heterocycles. The van der Waals surface area contributed by atoms with Gasteiger partial charge in [-0.05, 0) is 38.2 Å². The molecule has 0 spiro atoms. The molecule has 0 fully saturated rings. The first-order valence-electron chi connectivity index (χ1n) is 6.42. The van der Waals surface area contributed by atoms with E-state index in [-0.39, 0.29) is 30.1 Å². The number of carbonyl (C=O) groups excluding carboxylic acids is 1. The molecule has 21 heavy (non-hydrogen) atoms. The van der Waals surface area contributed by atoms with Crippen LogP contribution in [0.2, 0.25) is 5.02 Å². The molecule has 0 aliphatic rings. The minimum Gasteiger partial charge on any atom is -0.451 e. The molecule has 0 bridgehead atoms. The van der Waals surface area contributed by atoms with Gasteiger partial charge in [0.2, 0.25) is 0 Å². The van der Waals surface area contributed by atoms with Crippen molar-refractivity contribution in [1.29, 1.82) is 0 Å². The Hall–Kier alpha value is -1.49. The van der Waals surface area contributed by atoms with Gasteiger partial charge in [0.05, 0.1) is 5.02 Å². The van der Waals surface area contributed by atoms with Crippen molar-refractivity contribution in [2.45, 2.75) is 13.0 Å². The number of amides is 1. The van der Waals surface area contributed by atoms with Gasteiger partial charge < -0.3 is 15.1 Å². The number of halogens is 2. The van der Waals surface area contributed by atoms with Crippen molar-refractivity contribution in [2.24, 2.45) is 0 Å². The first-order valence-corrected chi connectivity index (χ1v) is 6.80. The first kappa shape index (κ1) is 17.6. The molecule has 2 rings (SSSR count). The highest BCUT2D eigenvalue weighted by molar-refractivity contribution is 6.33. The van der Waals surface area contributed by atoms with Crippen LogP contribution in [0.25, 0.3) is 11.3 Å². The SMILES string of the molecule is CNC(C)CNC(=O)c1ccc(-c2ccccc2Cl)o1.Cl. The number of hydrogen-bond acceptors (Lipinski definition) is 3. The van der Waals surface area contributed by atoms with Gasteiger partial charge in [-0.25, -0.2) is 0 Å². The van der Waals surface area contributed by atoms with Crippen LogP contribution in [0.1, 0.15) is 17.5 Å². The Morgan fingerprint density at radius 3 is 2.67 bits per heavy atom. The van der Waals surface area contributed by atoms with Gasteiger partial charge in [-0.1, -0.05) is 23.7 Å². The predicted octanol–water partition coefficient (Wildman–Crippen LogP) is 3.36. The van der Waals surface area contributed by atoms with Gasteiger partial charge in [0.25, 0.3) is 5.91 Å². The normalized spacial score (nSPS) is 11.6. The maximum Gasteiger partial charge on any atom is 0.287 e. The zero-order chi connectivity index (χ0) is 14.5. The maximum atomic E-state index is 11.9. The van der Waals surface area contributed by atoms with Crippen LogP contribution in [0, 0.1) is 0 Å². The molecule has 114 valence electrons. The second-order valence-electron chi connectivity index (χ2n) is 4.54. The molecular weight excluding hydrogens is 311 g/mol. The summed E-state index contributed by atoms with van der Waals surface area (Å²) in [5.74, 6) is 0.635. The molecule has 4 nitrogen and oxygen atoms in total. The van der Waals surface area contributed by atoms with E-state index >= 15 is 0 Å². The molecule has 0 saturated carbocycles. The number of nitrogens with one attached hydrogen (secondary N) is 2.